The first-order valence-corrected chi connectivity index (χ1v) is 15.5. The summed E-state index contributed by atoms with van der Waals surface area (Å²) in [6.07, 6.45) is 0.188. The minimum Gasteiger partial charge on any atom is -0.507 e. The maximum Gasteiger partial charge on any atom is 0.320 e. The number of fused-ring (bicyclic) bond motifs is 3. The second-order valence-corrected chi connectivity index (χ2v) is 12.5. The number of aromatic hydroxyl groups is 2. The molecule has 2 aromatic rings. The topological polar surface area (TPSA) is 195 Å². The number of hydrogen-bond donors (Lipinski definition) is 4. The monoisotopic (exact) mass is 674 g/mol. The first-order chi connectivity index (χ1) is 22.0. The zero-order valence-electron chi connectivity index (χ0n) is 26.2. The van der Waals surface area contributed by atoms with Crippen molar-refractivity contribution in [1.82, 2.24) is 4.90 Å². The highest BCUT2D eigenvalue weighted by molar-refractivity contribution is 6.31. The molecule has 6 rings (SSSR count). The van der Waals surface area contributed by atoms with E-state index >= 15 is 0 Å². The van der Waals surface area contributed by atoms with Gasteiger partial charge in [-0.1, -0.05) is 12.1 Å². The summed E-state index contributed by atoms with van der Waals surface area (Å²) in [5, 5.41) is 35.2. The van der Waals surface area contributed by atoms with Crippen molar-refractivity contribution >= 4 is 35.7 Å². The fourth-order valence-corrected chi connectivity index (χ4v) is 7.33. The van der Waals surface area contributed by atoms with Gasteiger partial charge in [0.1, 0.15) is 22.8 Å². The maximum atomic E-state index is 13.9. The molecule has 0 unspecified atom stereocenters. The fourth-order valence-electron chi connectivity index (χ4n) is 7.33. The maximum absolute atomic E-state index is 13.9. The fraction of sp³-hybridized carbons (Fsp3) is 0.515. The van der Waals surface area contributed by atoms with E-state index in [2.05, 4.69) is 4.90 Å². The number of nitrogens with zero attached hydrogens (tertiary/aromatic N) is 1. The SMILES string of the molecule is COc1cccc2c1C(=O)c1c(O)c3c(c(O)c1C2=O)C[C@@](O)(C(=O)COC(=O)CN)C[C@@H]3O[C@H]1C[C@H](N2CCCC2)C[C@H](C)O1.Cl. The molecule has 0 bridgehead atoms. The smallest absolute Gasteiger partial charge is 0.320 e. The summed E-state index contributed by atoms with van der Waals surface area (Å²) in [4.78, 5) is 55.1. The van der Waals surface area contributed by atoms with Gasteiger partial charge in [-0.25, -0.2) is 0 Å². The van der Waals surface area contributed by atoms with Crippen LogP contribution in [0.15, 0.2) is 18.2 Å². The number of carbonyl (C=O) groups excluding carboxylic acids is 4. The van der Waals surface area contributed by atoms with E-state index in [9.17, 15) is 34.5 Å². The van der Waals surface area contributed by atoms with Gasteiger partial charge < -0.3 is 44.9 Å². The first-order valence-electron chi connectivity index (χ1n) is 15.5. The van der Waals surface area contributed by atoms with Crippen LogP contribution in [-0.4, -0.2) is 101 Å². The lowest BCUT2D eigenvalue weighted by Crippen LogP contribution is -2.49. The molecule has 2 aliphatic heterocycles. The Morgan fingerprint density at radius 3 is 2.45 bits per heavy atom. The minimum absolute atomic E-state index is 0. The van der Waals surface area contributed by atoms with Crippen LogP contribution < -0.4 is 10.5 Å². The molecule has 0 aromatic heterocycles. The Morgan fingerprint density at radius 1 is 1.06 bits per heavy atom. The van der Waals surface area contributed by atoms with Crippen molar-refractivity contribution in [2.24, 2.45) is 5.73 Å². The third kappa shape index (κ3) is 6.12. The molecule has 2 aliphatic carbocycles. The van der Waals surface area contributed by atoms with Crippen molar-refractivity contribution in [2.75, 3.05) is 33.4 Å². The number of nitrogens with two attached hydrogens (primary N) is 1. The number of benzene rings is 2. The molecule has 5 atom stereocenters. The summed E-state index contributed by atoms with van der Waals surface area (Å²) in [5.41, 5.74) is 1.90. The number of aliphatic hydroxyl groups is 1. The third-order valence-corrected chi connectivity index (χ3v) is 9.55. The molecule has 2 saturated heterocycles. The van der Waals surface area contributed by atoms with E-state index in [1.807, 2.05) is 6.92 Å². The highest BCUT2D eigenvalue weighted by Gasteiger charge is 2.50. The summed E-state index contributed by atoms with van der Waals surface area (Å²) < 4.78 is 22.8. The number of phenols is 2. The van der Waals surface area contributed by atoms with Crippen LogP contribution in [0.4, 0.5) is 0 Å². The standard InChI is InChI=1S/C33H38N2O11.ClH/c1-16-10-17(35-8-3-4-9-35)11-24(45-16)46-21-13-33(42,22(36)15-44-23(37)14-34)12-19-26(21)32(41)28-27(30(19)39)29(38)18-6-5-7-20(43-2)25(18)31(28)40;/h5-7,16-17,21,24,39,41-42H,3-4,8-15,34H2,1-2H3;1H/t16-,17+,21-,24-,33-;/m0./s1. The zero-order valence-corrected chi connectivity index (χ0v) is 27.0. The number of ketones is 3. The Kier molecular flexibility index (Phi) is 9.97. The normalized spacial score (nSPS) is 26.9. The second-order valence-electron chi connectivity index (χ2n) is 12.5. The third-order valence-electron chi connectivity index (χ3n) is 9.55. The summed E-state index contributed by atoms with van der Waals surface area (Å²) in [7, 11) is 1.35. The van der Waals surface area contributed by atoms with Gasteiger partial charge in [-0.15, -0.1) is 12.4 Å². The number of ether oxygens (including phenoxy) is 4. The van der Waals surface area contributed by atoms with Crippen LogP contribution >= 0.6 is 12.4 Å². The number of phenolic OH excluding ortho intramolecular Hbond substituents is 2. The number of methoxy groups -OCH3 is 1. The Labute approximate surface area is 277 Å². The predicted molar refractivity (Wildman–Crippen MR) is 167 cm³/mol. The average molecular weight is 675 g/mol. The molecule has 0 saturated carbocycles. The van der Waals surface area contributed by atoms with Crippen molar-refractivity contribution in [3.8, 4) is 17.2 Å². The largest absolute Gasteiger partial charge is 0.507 e. The molecule has 0 amide bonds. The first kappa shape index (κ1) is 34.7. The second kappa shape index (κ2) is 13.5. The average Bonchev–Trinajstić information content (AvgIpc) is 3.58. The Balaban J connectivity index is 0.00000433. The predicted octanol–water partition coefficient (Wildman–Crippen LogP) is 2.10. The van der Waals surface area contributed by atoms with E-state index in [0.29, 0.717) is 6.42 Å². The van der Waals surface area contributed by atoms with E-state index < -0.39 is 89.9 Å². The van der Waals surface area contributed by atoms with Crippen LogP contribution in [0.2, 0.25) is 0 Å². The highest BCUT2D eigenvalue weighted by Crippen LogP contribution is 2.52. The summed E-state index contributed by atoms with van der Waals surface area (Å²) in [6.45, 7) is 2.56. The van der Waals surface area contributed by atoms with Crippen molar-refractivity contribution in [3.05, 3.63) is 51.6 Å². The Bertz CT molecular complexity index is 1610. The lowest BCUT2D eigenvalue weighted by atomic mass is 9.72. The molecule has 254 valence electrons. The van der Waals surface area contributed by atoms with Crippen molar-refractivity contribution in [1.29, 1.82) is 0 Å². The number of likely N-dealkylation sites (tertiary alicyclic amines) is 1. The molecule has 2 fully saturated rings. The van der Waals surface area contributed by atoms with Gasteiger partial charge in [0.25, 0.3) is 0 Å². The quantitative estimate of drug-likeness (QED) is 0.201. The van der Waals surface area contributed by atoms with Gasteiger partial charge in [0.05, 0.1) is 42.6 Å². The van der Waals surface area contributed by atoms with E-state index in [4.69, 9.17) is 24.7 Å². The molecular formula is C33H39ClN2O11. The molecule has 14 heteroatoms. The van der Waals surface area contributed by atoms with Gasteiger partial charge in [0, 0.05) is 42.0 Å². The Morgan fingerprint density at radius 2 is 1.77 bits per heavy atom. The number of carbonyl (C=O) groups is 4. The van der Waals surface area contributed by atoms with E-state index in [0.717, 1.165) is 32.4 Å². The van der Waals surface area contributed by atoms with Crippen LogP contribution in [0.25, 0.3) is 0 Å². The lowest BCUT2D eigenvalue weighted by molar-refractivity contribution is -0.233. The van der Waals surface area contributed by atoms with Crippen LogP contribution in [0.1, 0.15) is 88.1 Å². The number of esters is 1. The number of halogens is 1. The summed E-state index contributed by atoms with van der Waals surface area (Å²) in [6, 6.07) is 4.60. The summed E-state index contributed by atoms with van der Waals surface area (Å²) >= 11 is 0. The highest BCUT2D eigenvalue weighted by atomic mass is 35.5. The zero-order chi connectivity index (χ0) is 32.9. The number of hydrogen-bond acceptors (Lipinski definition) is 13. The van der Waals surface area contributed by atoms with Crippen LogP contribution in [0, 0.1) is 0 Å². The van der Waals surface area contributed by atoms with E-state index in [-0.39, 0.29) is 52.6 Å². The molecule has 2 aromatic carbocycles. The molecule has 0 spiro atoms. The van der Waals surface area contributed by atoms with Crippen molar-refractivity contribution in [2.45, 2.75) is 75.6 Å². The van der Waals surface area contributed by atoms with Gasteiger partial charge in [-0.3, -0.25) is 19.2 Å². The van der Waals surface area contributed by atoms with Gasteiger partial charge in [-0.2, -0.15) is 0 Å². The molecule has 0 radical (unpaired) electrons. The van der Waals surface area contributed by atoms with Gasteiger partial charge in [0.2, 0.25) is 11.6 Å². The molecule has 13 nitrogen and oxygen atoms in total. The summed E-state index contributed by atoms with van der Waals surface area (Å²) in [5.74, 6) is -4.38. The van der Waals surface area contributed by atoms with E-state index in [1.165, 1.54) is 25.3 Å². The molecular weight excluding hydrogens is 636 g/mol. The molecule has 47 heavy (non-hydrogen) atoms. The van der Waals surface area contributed by atoms with Gasteiger partial charge in [-0.05, 0) is 45.3 Å². The number of Topliss-reactive ketones (excluding diaryl/α,β-unsaturated/α-hetero) is 1. The van der Waals surface area contributed by atoms with Crippen LogP contribution in [0.5, 0.6) is 17.2 Å². The Hall–Kier alpha value is -3.59. The van der Waals surface area contributed by atoms with E-state index in [1.54, 1.807) is 0 Å². The minimum atomic E-state index is -2.25. The van der Waals surface area contributed by atoms with Crippen molar-refractivity contribution in [3.63, 3.8) is 0 Å². The van der Waals surface area contributed by atoms with Crippen LogP contribution in [-0.2, 0) is 30.2 Å². The molecule has 4 aliphatic rings. The molecule has 5 N–H and O–H groups in total. The van der Waals surface area contributed by atoms with Gasteiger partial charge in [0.15, 0.2) is 18.7 Å². The van der Waals surface area contributed by atoms with Gasteiger partial charge >= 0.3 is 5.97 Å². The van der Waals surface area contributed by atoms with Crippen molar-refractivity contribution < 1.29 is 53.4 Å². The lowest BCUT2D eigenvalue weighted by Gasteiger charge is -2.43. The number of rotatable bonds is 8. The molecule has 2 heterocycles. The van der Waals surface area contributed by atoms with Crippen LogP contribution in [0.3, 0.4) is 0 Å².